The van der Waals surface area contributed by atoms with E-state index in [9.17, 15) is 0 Å². The third kappa shape index (κ3) is 2.62. The maximum atomic E-state index is 8.93. The summed E-state index contributed by atoms with van der Waals surface area (Å²) in [7, 11) is 0. The quantitative estimate of drug-likeness (QED) is 0.486. The molecular formula is C6H10O2. The van der Waals surface area contributed by atoms with Gasteiger partial charge in [-0.1, -0.05) is 0 Å². The van der Waals surface area contributed by atoms with Crippen LogP contribution < -0.4 is 0 Å². The molecule has 0 aromatic carbocycles. The molecule has 46 valence electrons. The second kappa shape index (κ2) is 2.71. The van der Waals surface area contributed by atoms with Gasteiger partial charge in [-0.05, 0) is 6.92 Å². The van der Waals surface area contributed by atoms with Gasteiger partial charge in [-0.3, -0.25) is 0 Å². The summed E-state index contributed by atoms with van der Waals surface area (Å²) < 4.78 is 0. The highest BCUT2D eigenvalue weighted by atomic mass is 16.3. The summed E-state index contributed by atoms with van der Waals surface area (Å²) in [6.45, 7) is 1.21. The van der Waals surface area contributed by atoms with Crippen LogP contribution in [-0.2, 0) is 0 Å². The summed E-state index contributed by atoms with van der Waals surface area (Å²) in [5.41, 5.74) is -1.09. The standard InChI is InChI=1S/C6H10O2/c1-3-4-6(2,8)5-7/h1,7-8H,4-5H2,2H3. The van der Waals surface area contributed by atoms with Crippen LogP contribution in [0.5, 0.6) is 0 Å². The van der Waals surface area contributed by atoms with Crippen LogP contribution in [0.2, 0.25) is 0 Å². The molecule has 0 aliphatic carbocycles. The first-order valence-electron chi connectivity index (χ1n) is 2.39. The molecule has 0 heterocycles. The maximum absolute atomic E-state index is 8.93. The molecule has 2 nitrogen and oxygen atoms in total. The molecule has 0 aliphatic rings. The van der Waals surface area contributed by atoms with E-state index in [1.807, 2.05) is 0 Å². The average molecular weight is 114 g/mol. The smallest absolute Gasteiger partial charge is 0.0957 e. The lowest BCUT2D eigenvalue weighted by molar-refractivity contribution is 0.00633. The van der Waals surface area contributed by atoms with Gasteiger partial charge in [0.15, 0.2) is 0 Å². The lowest BCUT2D eigenvalue weighted by atomic mass is 10.1. The first kappa shape index (κ1) is 7.48. The van der Waals surface area contributed by atoms with E-state index in [0.717, 1.165) is 0 Å². The van der Waals surface area contributed by atoms with Gasteiger partial charge in [-0.2, -0.15) is 0 Å². The Balaban J connectivity index is 3.58. The number of aliphatic hydroxyl groups is 2. The van der Waals surface area contributed by atoms with Crippen molar-refractivity contribution in [3.8, 4) is 12.3 Å². The van der Waals surface area contributed by atoms with Crippen LogP contribution in [0.1, 0.15) is 13.3 Å². The fourth-order valence-electron chi connectivity index (χ4n) is 0.276. The molecule has 0 fully saturated rings. The molecule has 0 radical (unpaired) electrons. The second-order valence-corrected chi connectivity index (χ2v) is 2.04. The average Bonchev–Trinajstić information content (AvgIpc) is 1.67. The summed E-state index contributed by atoms with van der Waals surface area (Å²) in [5, 5.41) is 17.3. The van der Waals surface area contributed by atoms with E-state index >= 15 is 0 Å². The SMILES string of the molecule is C#CCC(C)(O)CO. The predicted octanol–water partition coefficient (Wildman–Crippen LogP) is -0.247. The first-order valence-corrected chi connectivity index (χ1v) is 2.39. The fraction of sp³-hybridized carbons (Fsp3) is 0.667. The Bertz CT molecular complexity index is 99.6. The second-order valence-electron chi connectivity index (χ2n) is 2.04. The molecule has 0 amide bonds. The summed E-state index contributed by atoms with van der Waals surface area (Å²) in [4.78, 5) is 0. The molecule has 0 aromatic heterocycles. The molecular weight excluding hydrogens is 104 g/mol. The Hall–Kier alpha value is -0.520. The first-order chi connectivity index (χ1) is 3.62. The Morgan fingerprint density at radius 1 is 1.75 bits per heavy atom. The normalized spacial score (nSPS) is 16.8. The third-order valence-corrected chi connectivity index (χ3v) is 0.824. The van der Waals surface area contributed by atoms with Crippen LogP contribution in [0, 0.1) is 12.3 Å². The maximum Gasteiger partial charge on any atom is 0.0957 e. The van der Waals surface area contributed by atoms with Crippen LogP contribution in [-0.4, -0.2) is 22.4 Å². The highest BCUT2D eigenvalue weighted by Crippen LogP contribution is 2.04. The van der Waals surface area contributed by atoms with Crippen LogP contribution in [0.4, 0.5) is 0 Å². The van der Waals surface area contributed by atoms with Gasteiger partial charge in [-0.15, -0.1) is 12.3 Å². The van der Waals surface area contributed by atoms with Gasteiger partial charge in [0.05, 0.1) is 12.2 Å². The van der Waals surface area contributed by atoms with Gasteiger partial charge < -0.3 is 10.2 Å². The molecule has 2 N–H and O–H groups in total. The molecule has 0 aromatic rings. The molecule has 0 rings (SSSR count). The highest BCUT2D eigenvalue weighted by Gasteiger charge is 2.15. The molecule has 2 heteroatoms. The van der Waals surface area contributed by atoms with Gasteiger partial charge in [-0.25, -0.2) is 0 Å². The number of hydrogen-bond acceptors (Lipinski definition) is 2. The van der Waals surface area contributed by atoms with Crippen molar-refractivity contribution >= 4 is 0 Å². The van der Waals surface area contributed by atoms with Crippen LogP contribution >= 0.6 is 0 Å². The molecule has 8 heavy (non-hydrogen) atoms. The predicted molar refractivity (Wildman–Crippen MR) is 31.2 cm³/mol. The van der Waals surface area contributed by atoms with Crippen LogP contribution in [0.25, 0.3) is 0 Å². The zero-order valence-corrected chi connectivity index (χ0v) is 4.89. The molecule has 1 atom stereocenters. The van der Waals surface area contributed by atoms with Crippen molar-refractivity contribution in [2.45, 2.75) is 18.9 Å². The lowest BCUT2D eigenvalue weighted by Gasteiger charge is -2.15. The van der Waals surface area contributed by atoms with Gasteiger partial charge in [0.2, 0.25) is 0 Å². The Kier molecular flexibility index (Phi) is 2.53. The van der Waals surface area contributed by atoms with E-state index in [4.69, 9.17) is 16.6 Å². The summed E-state index contributed by atoms with van der Waals surface area (Å²) in [6.07, 6.45) is 5.07. The molecule has 0 saturated carbocycles. The Morgan fingerprint density at radius 3 is 2.38 bits per heavy atom. The number of aliphatic hydroxyl groups excluding tert-OH is 1. The number of rotatable bonds is 2. The van der Waals surface area contributed by atoms with Crippen molar-refractivity contribution in [1.29, 1.82) is 0 Å². The minimum Gasteiger partial charge on any atom is -0.393 e. The fourth-order valence-corrected chi connectivity index (χ4v) is 0.276. The number of terminal acetylenes is 1. The summed E-state index contributed by atoms with van der Waals surface area (Å²) >= 11 is 0. The van der Waals surface area contributed by atoms with E-state index in [0.29, 0.717) is 0 Å². The van der Waals surface area contributed by atoms with E-state index in [1.165, 1.54) is 6.92 Å². The topological polar surface area (TPSA) is 40.5 Å². The summed E-state index contributed by atoms with van der Waals surface area (Å²) in [5.74, 6) is 2.25. The zero-order valence-electron chi connectivity index (χ0n) is 4.89. The van der Waals surface area contributed by atoms with Crippen molar-refractivity contribution in [3.63, 3.8) is 0 Å². The third-order valence-electron chi connectivity index (χ3n) is 0.824. The molecule has 0 bridgehead atoms. The van der Waals surface area contributed by atoms with E-state index < -0.39 is 5.60 Å². The molecule has 0 spiro atoms. The van der Waals surface area contributed by atoms with Gasteiger partial charge >= 0.3 is 0 Å². The van der Waals surface area contributed by atoms with Gasteiger partial charge in [0.25, 0.3) is 0 Å². The minimum atomic E-state index is -1.09. The Labute approximate surface area is 49.2 Å². The van der Waals surface area contributed by atoms with Crippen molar-refractivity contribution in [2.75, 3.05) is 6.61 Å². The monoisotopic (exact) mass is 114 g/mol. The number of hydrogen-bond donors (Lipinski definition) is 2. The van der Waals surface area contributed by atoms with E-state index in [2.05, 4.69) is 5.92 Å². The van der Waals surface area contributed by atoms with Crippen LogP contribution in [0.15, 0.2) is 0 Å². The van der Waals surface area contributed by atoms with Gasteiger partial charge in [0, 0.05) is 6.42 Å². The molecule has 0 saturated heterocycles. The molecule has 1 unspecified atom stereocenters. The van der Waals surface area contributed by atoms with Crippen molar-refractivity contribution < 1.29 is 10.2 Å². The largest absolute Gasteiger partial charge is 0.393 e. The summed E-state index contributed by atoms with van der Waals surface area (Å²) in [6, 6.07) is 0. The van der Waals surface area contributed by atoms with Crippen molar-refractivity contribution in [1.82, 2.24) is 0 Å². The van der Waals surface area contributed by atoms with Gasteiger partial charge in [0.1, 0.15) is 0 Å². The minimum absolute atomic E-state index is 0.198. The van der Waals surface area contributed by atoms with E-state index in [1.54, 1.807) is 0 Å². The molecule has 0 aliphatic heterocycles. The highest BCUT2D eigenvalue weighted by molar-refractivity contribution is 4.92. The lowest BCUT2D eigenvalue weighted by Crippen LogP contribution is -2.27. The van der Waals surface area contributed by atoms with Crippen molar-refractivity contribution in [2.24, 2.45) is 0 Å². The van der Waals surface area contributed by atoms with Crippen molar-refractivity contribution in [3.05, 3.63) is 0 Å². The van der Waals surface area contributed by atoms with E-state index in [-0.39, 0.29) is 13.0 Å². The zero-order chi connectivity index (χ0) is 6.62. The Morgan fingerprint density at radius 2 is 2.25 bits per heavy atom. The van der Waals surface area contributed by atoms with Crippen LogP contribution in [0.3, 0.4) is 0 Å².